The SMILES string of the molecule is COC(=O)CNS(=O)(=O)c1cccnc1C#N. The van der Waals surface area contributed by atoms with Gasteiger partial charge in [0, 0.05) is 6.20 Å². The molecule has 0 amide bonds. The molecule has 0 saturated carbocycles. The van der Waals surface area contributed by atoms with Crippen molar-refractivity contribution in [3.63, 3.8) is 0 Å². The van der Waals surface area contributed by atoms with Crippen LogP contribution in [0.1, 0.15) is 5.69 Å². The molecule has 0 atom stereocenters. The molecule has 0 aliphatic carbocycles. The van der Waals surface area contributed by atoms with Gasteiger partial charge in [0.25, 0.3) is 0 Å². The molecule has 0 unspecified atom stereocenters. The van der Waals surface area contributed by atoms with Crippen LogP contribution in [-0.4, -0.2) is 33.0 Å². The maximum Gasteiger partial charge on any atom is 0.320 e. The van der Waals surface area contributed by atoms with E-state index in [-0.39, 0.29) is 10.6 Å². The average Bonchev–Trinajstić information content (AvgIpc) is 2.35. The number of hydrogen-bond donors (Lipinski definition) is 1. The molecule has 1 aromatic rings. The van der Waals surface area contributed by atoms with Crippen molar-refractivity contribution in [2.75, 3.05) is 13.7 Å². The topological polar surface area (TPSA) is 109 Å². The zero-order chi connectivity index (χ0) is 12.9. The fourth-order valence-electron chi connectivity index (χ4n) is 0.995. The summed E-state index contributed by atoms with van der Waals surface area (Å²) in [5.41, 5.74) is -0.232. The fraction of sp³-hybridized carbons (Fsp3) is 0.222. The molecule has 8 heteroatoms. The van der Waals surface area contributed by atoms with Gasteiger partial charge in [0.05, 0.1) is 7.11 Å². The number of ether oxygens (including phenoxy) is 1. The molecule has 0 fully saturated rings. The van der Waals surface area contributed by atoms with E-state index in [1.165, 1.54) is 18.3 Å². The van der Waals surface area contributed by atoms with Crippen LogP contribution >= 0.6 is 0 Å². The third kappa shape index (κ3) is 3.24. The van der Waals surface area contributed by atoms with Gasteiger partial charge in [0.15, 0.2) is 5.69 Å². The molecule has 0 aliphatic rings. The number of esters is 1. The molecule has 0 aliphatic heterocycles. The van der Waals surface area contributed by atoms with Gasteiger partial charge < -0.3 is 4.74 Å². The molecule has 0 bridgehead atoms. The Kier molecular flexibility index (Phi) is 4.14. The van der Waals surface area contributed by atoms with E-state index in [9.17, 15) is 13.2 Å². The zero-order valence-electron chi connectivity index (χ0n) is 8.87. The van der Waals surface area contributed by atoms with Crippen LogP contribution in [0.2, 0.25) is 0 Å². The van der Waals surface area contributed by atoms with E-state index in [4.69, 9.17) is 5.26 Å². The third-order valence-corrected chi connectivity index (χ3v) is 3.23. The largest absolute Gasteiger partial charge is 0.468 e. The highest BCUT2D eigenvalue weighted by Gasteiger charge is 2.20. The van der Waals surface area contributed by atoms with Gasteiger partial charge in [-0.25, -0.2) is 13.4 Å². The van der Waals surface area contributed by atoms with E-state index < -0.39 is 22.5 Å². The van der Waals surface area contributed by atoms with Gasteiger partial charge >= 0.3 is 5.97 Å². The number of hydrogen-bond acceptors (Lipinski definition) is 6. The number of rotatable bonds is 4. The number of aromatic nitrogens is 1. The number of carbonyl (C=O) groups is 1. The Balaban J connectivity index is 2.98. The molecule has 0 spiro atoms. The summed E-state index contributed by atoms with van der Waals surface area (Å²) in [5, 5.41) is 8.71. The smallest absolute Gasteiger partial charge is 0.320 e. The van der Waals surface area contributed by atoms with Crippen LogP contribution in [0, 0.1) is 11.3 Å². The van der Waals surface area contributed by atoms with Gasteiger partial charge in [-0.05, 0) is 12.1 Å². The summed E-state index contributed by atoms with van der Waals surface area (Å²) < 4.78 is 29.7. The summed E-state index contributed by atoms with van der Waals surface area (Å²) in [6, 6.07) is 4.27. The molecule has 90 valence electrons. The van der Waals surface area contributed by atoms with Crippen LogP contribution < -0.4 is 4.72 Å². The molecule has 1 rings (SSSR count). The molecule has 17 heavy (non-hydrogen) atoms. The molecule has 0 radical (unpaired) electrons. The van der Waals surface area contributed by atoms with Crippen molar-refractivity contribution in [1.82, 2.24) is 9.71 Å². The van der Waals surface area contributed by atoms with E-state index in [0.29, 0.717) is 0 Å². The number of carbonyl (C=O) groups excluding carboxylic acids is 1. The Hall–Kier alpha value is -1.98. The molecule has 0 aromatic carbocycles. The van der Waals surface area contributed by atoms with Crippen molar-refractivity contribution in [3.05, 3.63) is 24.0 Å². The molecular weight excluding hydrogens is 246 g/mol. The van der Waals surface area contributed by atoms with E-state index in [0.717, 1.165) is 7.11 Å². The molecule has 7 nitrogen and oxygen atoms in total. The fourth-order valence-corrected chi connectivity index (χ4v) is 2.07. The summed E-state index contributed by atoms with van der Waals surface area (Å²) in [6.45, 7) is -0.501. The van der Waals surface area contributed by atoms with Gasteiger partial charge in [0.1, 0.15) is 17.5 Å². The van der Waals surface area contributed by atoms with Crippen LogP contribution in [-0.2, 0) is 19.6 Å². The lowest BCUT2D eigenvalue weighted by Crippen LogP contribution is -2.30. The second-order valence-electron chi connectivity index (χ2n) is 2.86. The quantitative estimate of drug-likeness (QED) is 0.720. The van der Waals surface area contributed by atoms with Crippen LogP contribution in [0.25, 0.3) is 0 Å². The Morgan fingerprint density at radius 3 is 2.94 bits per heavy atom. The normalized spacial score (nSPS) is 10.6. The predicted molar refractivity (Wildman–Crippen MR) is 56.2 cm³/mol. The second-order valence-corrected chi connectivity index (χ2v) is 4.60. The number of sulfonamides is 1. The van der Waals surface area contributed by atoms with E-state index in [1.807, 2.05) is 4.72 Å². The average molecular weight is 255 g/mol. The third-order valence-electron chi connectivity index (χ3n) is 1.80. The van der Waals surface area contributed by atoms with E-state index in [2.05, 4.69) is 9.72 Å². The molecule has 1 N–H and O–H groups in total. The number of nitrogens with zero attached hydrogens (tertiary/aromatic N) is 2. The minimum Gasteiger partial charge on any atom is -0.468 e. The molecule has 1 heterocycles. The Morgan fingerprint density at radius 2 is 2.35 bits per heavy atom. The minimum atomic E-state index is -3.94. The zero-order valence-corrected chi connectivity index (χ0v) is 9.69. The molecule has 0 saturated heterocycles. The minimum absolute atomic E-state index is 0.232. The van der Waals surface area contributed by atoms with Gasteiger partial charge in [0.2, 0.25) is 10.0 Å². The Morgan fingerprint density at radius 1 is 1.65 bits per heavy atom. The van der Waals surface area contributed by atoms with Crippen LogP contribution in [0.5, 0.6) is 0 Å². The predicted octanol–water partition coefficient (Wildman–Crippen LogP) is -0.595. The number of nitrogens with one attached hydrogen (secondary N) is 1. The lowest BCUT2D eigenvalue weighted by molar-refractivity contribution is -0.139. The van der Waals surface area contributed by atoms with Crippen LogP contribution in [0.4, 0.5) is 0 Å². The Bertz CT molecular complexity index is 562. The summed E-state index contributed by atoms with van der Waals surface area (Å²) >= 11 is 0. The van der Waals surface area contributed by atoms with Crippen LogP contribution in [0.3, 0.4) is 0 Å². The van der Waals surface area contributed by atoms with Crippen molar-refractivity contribution in [2.24, 2.45) is 0 Å². The molecular formula is C9H9N3O4S. The number of pyridine rings is 1. The molecule has 1 aromatic heterocycles. The Labute approximate surface area is 98.1 Å². The van der Waals surface area contributed by atoms with Crippen molar-refractivity contribution < 1.29 is 17.9 Å². The standard InChI is InChI=1S/C9H9N3O4S/c1-16-9(13)6-12-17(14,15)8-3-2-4-11-7(8)5-10/h2-4,12H,6H2,1H3. The van der Waals surface area contributed by atoms with Crippen molar-refractivity contribution in [2.45, 2.75) is 4.90 Å². The second kappa shape index (κ2) is 5.38. The maximum absolute atomic E-state index is 11.7. The van der Waals surface area contributed by atoms with Gasteiger partial charge in [-0.3, -0.25) is 4.79 Å². The summed E-state index contributed by atoms with van der Waals surface area (Å²) in [4.78, 5) is 14.2. The van der Waals surface area contributed by atoms with E-state index >= 15 is 0 Å². The van der Waals surface area contributed by atoms with Crippen molar-refractivity contribution in [1.29, 1.82) is 5.26 Å². The first-order valence-corrected chi connectivity index (χ1v) is 5.91. The van der Waals surface area contributed by atoms with Crippen LogP contribution in [0.15, 0.2) is 23.2 Å². The van der Waals surface area contributed by atoms with Gasteiger partial charge in [-0.15, -0.1) is 0 Å². The summed E-state index contributed by atoms with van der Waals surface area (Å²) in [5.74, 6) is -0.726. The van der Waals surface area contributed by atoms with Crippen molar-refractivity contribution >= 4 is 16.0 Å². The first kappa shape index (κ1) is 13.1. The summed E-state index contributed by atoms with van der Waals surface area (Å²) in [7, 11) is -2.80. The lowest BCUT2D eigenvalue weighted by Gasteiger charge is -2.06. The first-order chi connectivity index (χ1) is 8.01. The highest BCUT2D eigenvalue weighted by molar-refractivity contribution is 7.89. The van der Waals surface area contributed by atoms with Crippen molar-refractivity contribution in [3.8, 4) is 6.07 Å². The monoisotopic (exact) mass is 255 g/mol. The lowest BCUT2D eigenvalue weighted by atomic mass is 10.4. The maximum atomic E-state index is 11.7. The first-order valence-electron chi connectivity index (χ1n) is 4.43. The van der Waals surface area contributed by atoms with E-state index in [1.54, 1.807) is 6.07 Å². The highest BCUT2D eigenvalue weighted by atomic mass is 32.2. The number of nitriles is 1. The number of methoxy groups -OCH3 is 1. The highest BCUT2D eigenvalue weighted by Crippen LogP contribution is 2.11. The van der Waals surface area contributed by atoms with Gasteiger partial charge in [-0.1, -0.05) is 0 Å². The van der Waals surface area contributed by atoms with Gasteiger partial charge in [-0.2, -0.15) is 9.98 Å². The summed E-state index contributed by atoms with van der Waals surface area (Å²) in [6.07, 6.45) is 1.30.